The van der Waals surface area contributed by atoms with Crippen LogP contribution < -0.4 is 0 Å². The van der Waals surface area contributed by atoms with E-state index in [-0.39, 0.29) is 0 Å². The third-order valence-corrected chi connectivity index (χ3v) is 12.0. The topological polar surface area (TPSA) is 48.5 Å². The monoisotopic (exact) mass is 791 g/mol. The highest BCUT2D eigenvalue weighted by atomic mass is 15.0. The van der Waals surface area contributed by atoms with Gasteiger partial charge in [0.05, 0.1) is 33.4 Å². The van der Waals surface area contributed by atoms with Crippen molar-refractivity contribution in [1.29, 1.82) is 0 Å². The van der Waals surface area contributed by atoms with E-state index in [1.54, 1.807) is 0 Å². The van der Waals surface area contributed by atoms with Crippen molar-refractivity contribution < 1.29 is 0 Å². The predicted molar refractivity (Wildman–Crippen MR) is 256 cm³/mol. The van der Waals surface area contributed by atoms with Gasteiger partial charge in [-0.05, 0) is 59.2 Å². The van der Waals surface area contributed by atoms with Gasteiger partial charge in [0.1, 0.15) is 0 Å². The molecule has 0 atom stereocenters. The van der Waals surface area contributed by atoms with Gasteiger partial charge in [-0.3, -0.25) is 0 Å². The van der Waals surface area contributed by atoms with Gasteiger partial charge in [0.2, 0.25) is 0 Å². The molecule has 0 aliphatic heterocycles. The number of benzene rings is 9. The molecule has 0 N–H and O–H groups in total. The lowest BCUT2D eigenvalue weighted by molar-refractivity contribution is 1.07. The number of hydrogen-bond acceptors (Lipinski definition) is 3. The molecule has 5 heteroatoms. The largest absolute Gasteiger partial charge is 0.309 e. The molecular weight excluding hydrogens is 755 g/mol. The minimum atomic E-state index is 0.603. The highest BCUT2D eigenvalue weighted by molar-refractivity contribution is 6.16. The van der Waals surface area contributed by atoms with Crippen molar-refractivity contribution in [2.75, 3.05) is 0 Å². The van der Waals surface area contributed by atoms with Crippen LogP contribution in [0.1, 0.15) is 0 Å². The Kier molecular flexibility index (Phi) is 8.42. The summed E-state index contributed by atoms with van der Waals surface area (Å²) in [5, 5.41) is 4.84. The number of aromatic nitrogens is 5. The quantitative estimate of drug-likeness (QED) is 0.162. The Morgan fingerprint density at radius 3 is 1.34 bits per heavy atom. The zero-order chi connectivity index (χ0) is 41.0. The lowest BCUT2D eigenvalue weighted by Gasteiger charge is -2.17. The molecule has 0 fully saturated rings. The van der Waals surface area contributed by atoms with Gasteiger partial charge in [-0.25, -0.2) is 15.0 Å². The minimum Gasteiger partial charge on any atom is -0.309 e. The molecule has 0 bridgehead atoms. The summed E-state index contributed by atoms with van der Waals surface area (Å²) in [5.74, 6) is 1.84. The third-order valence-electron chi connectivity index (χ3n) is 12.0. The average Bonchev–Trinajstić information content (AvgIpc) is 3.88. The first-order valence-corrected chi connectivity index (χ1v) is 21.0. The zero-order valence-corrected chi connectivity index (χ0v) is 33.6. The average molecular weight is 792 g/mol. The molecule has 12 rings (SSSR count). The van der Waals surface area contributed by atoms with Crippen molar-refractivity contribution in [1.82, 2.24) is 24.1 Å². The smallest absolute Gasteiger partial charge is 0.164 e. The van der Waals surface area contributed by atoms with Crippen LogP contribution in [0.25, 0.3) is 111 Å². The Bertz CT molecular complexity index is 3570. The molecule has 0 amide bonds. The van der Waals surface area contributed by atoms with Gasteiger partial charge in [-0.2, -0.15) is 0 Å². The van der Waals surface area contributed by atoms with E-state index in [1.807, 2.05) is 24.3 Å². The van der Waals surface area contributed by atoms with Gasteiger partial charge >= 0.3 is 0 Å². The Morgan fingerprint density at radius 1 is 0.258 bits per heavy atom. The number of hydrogen-bond donors (Lipinski definition) is 0. The number of para-hydroxylation sites is 3. The van der Waals surface area contributed by atoms with Crippen LogP contribution >= 0.6 is 0 Å². The predicted octanol–water partition coefficient (Wildman–Crippen LogP) is 14.4. The van der Waals surface area contributed by atoms with Crippen LogP contribution in [0.15, 0.2) is 224 Å². The number of nitrogens with zero attached hydrogens (tertiary/aromatic N) is 5. The van der Waals surface area contributed by atoms with Crippen molar-refractivity contribution in [3.05, 3.63) is 224 Å². The van der Waals surface area contributed by atoms with Crippen molar-refractivity contribution in [3.8, 4) is 67.8 Å². The fraction of sp³-hybridized carbons (Fsp3) is 0. The molecule has 0 saturated heterocycles. The number of fused-ring (bicyclic) bond motifs is 6. The van der Waals surface area contributed by atoms with E-state index in [9.17, 15) is 0 Å². The third kappa shape index (κ3) is 5.90. The summed E-state index contributed by atoms with van der Waals surface area (Å²) >= 11 is 0. The molecule has 3 heterocycles. The fourth-order valence-electron chi connectivity index (χ4n) is 9.16. The molecule has 0 saturated carbocycles. The Hall–Kier alpha value is -8.41. The number of rotatable bonds is 7. The van der Waals surface area contributed by atoms with Gasteiger partial charge in [0.25, 0.3) is 0 Å². The molecule has 290 valence electrons. The molecule has 0 radical (unpaired) electrons. The van der Waals surface area contributed by atoms with E-state index in [0.29, 0.717) is 17.5 Å². The van der Waals surface area contributed by atoms with E-state index < -0.39 is 0 Å². The van der Waals surface area contributed by atoms with Gasteiger partial charge in [0.15, 0.2) is 17.5 Å². The summed E-state index contributed by atoms with van der Waals surface area (Å²) in [4.78, 5) is 15.6. The van der Waals surface area contributed by atoms with Gasteiger partial charge in [0, 0.05) is 43.8 Å². The second-order valence-corrected chi connectivity index (χ2v) is 15.6. The van der Waals surface area contributed by atoms with Crippen LogP contribution in [0.5, 0.6) is 0 Å². The Balaban J connectivity index is 1.12. The molecule has 0 aliphatic rings. The molecule has 62 heavy (non-hydrogen) atoms. The van der Waals surface area contributed by atoms with Crippen LogP contribution in [0.3, 0.4) is 0 Å². The van der Waals surface area contributed by atoms with Crippen LogP contribution in [0.2, 0.25) is 0 Å². The van der Waals surface area contributed by atoms with Crippen LogP contribution in [-0.2, 0) is 0 Å². The van der Waals surface area contributed by atoms with Crippen LogP contribution in [0, 0.1) is 0 Å². The normalized spacial score (nSPS) is 11.5. The molecule has 0 spiro atoms. The summed E-state index contributed by atoms with van der Waals surface area (Å²) < 4.78 is 4.86. The zero-order valence-electron chi connectivity index (χ0n) is 33.6. The minimum absolute atomic E-state index is 0.603. The molecule has 0 aliphatic carbocycles. The summed E-state index contributed by atoms with van der Waals surface area (Å²) in [6.45, 7) is 0. The second kappa shape index (κ2) is 14.7. The molecule has 5 nitrogen and oxygen atoms in total. The summed E-state index contributed by atoms with van der Waals surface area (Å²) in [5.41, 5.74) is 14.0. The van der Waals surface area contributed by atoms with E-state index >= 15 is 0 Å². The van der Waals surface area contributed by atoms with Crippen molar-refractivity contribution in [2.45, 2.75) is 0 Å². The van der Waals surface area contributed by atoms with E-state index in [1.165, 1.54) is 32.6 Å². The van der Waals surface area contributed by atoms with E-state index in [4.69, 9.17) is 15.0 Å². The first-order chi connectivity index (χ1) is 30.8. The van der Waals surface area contributed by atoms with E-state index in [0.717, 1.165) is 61.4 Å². The maximum absolute atomic E-state index is 5.25. The van der Waals surface area contributed by atoms with E-state index in [2.05, 4.69) is 209 Å². The van der Waals surface area contributed by atoms with Crippen LogP contribution in [0.4, 0.5) is 0 Å². The van der Waals surface area contributed by atoms with Gasteiger partial charge < -0.3 is 9.13 Å². The maximum atomic E-state index is 5.25. The molecule has 0 unspecified atom stereocenters. The SMILES string of the molecule is c1ccc(-c2cccc(-c3nc(-c4ccccc4)nc(-c4ccc(-c5ccccc5)c(-n5c6ccccc6c6c(-n7c8ccccc8c8ccccc87)cccc65)c4)n3)c2)cc1. The lowest BCUT2D eigenvalue weighted by Crippen LogP contribution is -2.02. The van der Waals surface area contributed by atoms with Gasteiger partial charge in [-0.15, -0.1) is 0 Å². The summed E-state index contributed by atoms with van der Waals surface area (Å²) in [6.07, 6.45) is 0. The van der Waals surface area contributed by atoms with Crippen molar-refractivity contribution in [2.24, 2.45) is 0 Å². The maximum Gasteiger partial charge on any atom is 0.164 e. The van der Waals surface area contributed by atoms with Gasteiger partial charge in [-0.1, -0.05) is 182 Å². The first-order valence-electron chi connectivity index (χ1n) is 21.0. The molecular formula is C57H37N5. The fourth-order valence-corrected chi connectivity index (χ4v) is 9.16. The summed E-state index contributed by atoms with van der Waals surface area (Å²) in [7, 11) is 0. The second-order valence-electron chi connectivity index (χ2n) is 15.6. The standard InChI is InChI=1S/C57H37N5/c1-4-18-38(19-5-1)41-24-16-25-42(36-41)56-58-55(40-22-8-3-9-23-40)59-57(60-56)43-34-35-44(39-20-6-2-7-21-39)53(37-43)62-50-31-15-12-28-47(50)54-51(32-17-33-52(54)62)61-48-29-13-10-26-45(48)46-27-11-14-30-49(46)61/h1-37H. The Labute approximate surface area is 358 Å². The van der Waals surface area contributed by atoms with Crippen molar-refractivity contribution in [3.63, 3.8) is 0 Å². The molecule has 3 aromatic heterocycles. The molecule has 12 aromatic rings. The lowest BCUT2D eigenvalue weighted by atomic mass is 10.0. The molecule has 9 aromatic carbocycles. The highest BCUT2D eigenvalue weighted by Crippen LogP contribution is 2.42. The highest BCUT2D eigenvalue weighted by Gasteiger charge is 2.22. The van der Waals surface area contributed by atoms with Crippen molar-refractivity contribution >= 4 is 43.6 Å². The summed E-state index contributed by atoms with van der Waals surface area (Å²) in [6, 6.07) is 79.3. The Morgan fingerprint density at radius 2 is 0.694 bits per heavy atom. The van der Waals surface area contributed by atoms with Crippen LogP contribution in [-0.4, -0.2) is 24.1 Å². The first kappa shape index (κ1) is 35.5.